The van der Waals surface area contributed by atoms with Gasteiger partial charge in [0.05, 0.1) is 6.54 Å². The number of carbonyl (C=O) groups is 1. The van der Waals surface area contributed by atoms with Crippen molar-refractivity contribution in [2.45, 2.75) is 44.7 Å². The van der Waals surface area contributed by atoms with Crippen molar-refractivity contribution < 1.29 is 4.79 Å². The molecule has 3 N–H and O–H groups in total. The molecule has 138 valence electrons. The summed E-state index contributed by atoms with van der Waals surface area (Å²) in [5.41, 5.74) is 6.87. The summed E-state index contributed by atoms with van der Waals surface area (Å²) in [6, 6.07) is 12.4. The van der Waals surface area contributed by atoms with Crippen LogP contribution < -0.4 is 16.6 Å². The zero-order chi connectivity index (χ0) is 18.4. The largest absolute Gasteiger partial charge is 0.346 e. The highest BCUT2D eigenvalue weighted by molar-refractivity contribution is 5.92. The summed E-state index contributed by atoms with van der Waals surface area (Å²) in [5, 5.41) is 7.27. The third-order valence-corrected chi connectivity index (χ3v) is 5.06. The SMILES string of the molecule is NCC(NC(=O)c1ccc(=O)n(Cc2ccccc2)n1)C1CCCCC1. The Morgan fingerprint density at radius 3 is 2.58 bits per heavy atom. The second-order valence-corrected chi connectivity index (χ2v) is 6.91. The first-order valence-corrected chi connectivity index (χ1v) is 9.30. The molecule has 1 saturated carbocycles. The Morgan fingerprint density at radius 1 is 1.15 bits per heavy atom. The summed E-state index contributed by atoms with van der Waals surface area (Å²) in [6.07, 6.45) is 5.84. The topological polar surface area (TPSA) is 90.0 Å². The number of rotatable bonds is 6. The molecule has 6 heteroatoms. The number of nitrogens with one attached hydrogen (secondary N) is 1. The first-order valence-electron chi connectivity index (χ1n) is 9.30. The average molecular weight is 354 g/mol. The number of nitrogens with zero attached hydrogens (tertiary/aromatic N) is 2. The first kappa shape index (κ1) is 18.3. The second-order valence-electron chi connectivity index (χ2n) is 6.91. The lowest BCUT2D eigenvalue weighted by molar-refractivity contribution is 0.0908. The van der Waals surface area contributed by atoms with Crippen LogP contribution in [0.5, 0.6) is 0 Å². The van der Waals surface area contributed by atoms with Gasteiger partial charge in [0.1, 0.15) is 5.69 Å². The molecule has 1 aliphatic carbocycles. The zero-order valence-electron chi connectivity index (χ0n) is 14.9. The van der Waals surface area contributed by atoms with Gasteiger partial charge in [-0.1, -0.05) is 49.6 Å². The molecular formula is C20H26N4O2. The van der Waals surface area contributed by atoms with Gasteiger partial charge in [0, 0.05) is 18.7 Å². The van der Waals surface area contributed by atoms with Gasteiger partial charge in [0.2, 0.25) is 0 Å². The Labute approximate surface area is 153 Å². The molecule has 0 saturated heterocycles. The van der Waals surface area contributed by atoms with Gasteiger partial charge in [0.25, 0.3) is 11.5 Å². The Hall–Kier alpha value is -2.47. The second kappa shape index (κ2) is 8.76. The van der Waals surface area contributed by atoms with Crippen molar-refractivity contribution in [2.75, 3.05) is 6.54 Å². The Kier molecular flexibility index (Phi) is 6.17. The van der Waals surface area contributed by atoms with E-state index >= 15 is 0 Å². The number of amides is 1. The van der Waals surface area contributed by atoms with E-state index in [9.17, 15) is 9.59 Å². The number of carbonyl (C=O) groups excluding carboxylic acids is 1. The molecule has 1 atom stereocenters. The van der Waals surface area contributed by atoms with Crippen LogP contribution >= 0.6 is 0 Å². The molecule has 0 spiro atoms. The quantitative estimate of drug-likeness (QED) is 0.829. The number of aromatic nitrogens is 2. The van der Waals surface area contributed by atoms with Crippen LogP contribution in [0.15, 0.2) is 47.3 Å². The van der Waals surface area contributed by atoms with Crippen molar-refractivity contribution in [3.8, 4) is 0 Å². The molecule has 1 aromatic carbocycles. The van der Waals surface area contributed by atoms with Crippen molar-refractivity contribution in [1.82, 2.24) is 15.1 Å². The first-order chi connectivity index (χ1) is 12.7. The fourth-order valence-corrected chi connectivity index (χ4v) is 3.59. The lowest BCUT2D eigenvalue weighted by atomic mass is 9.84. The fourth-order valence-electron chi connectivity index (χ4n) is 3.59. The molecule has 6 nitrogen and oxygen atoms in total. The molecule has 0 aliphatic heterocycles. The zero-order valence-corrected chi connectivity index (χ0v) is 14.9. The molecule has 1 amide bonds. The van der Waals surface area contributed by atoms with Crippen LogP contribution in [0, 0.1) is 5.92 Å². The van der Waals surface area contributed by atoms with Gasteiger partial charge < -0.3 is 11.1 Å². The lowest BCUT2D eigenvalue weighted by Crippen LogP contribution is -2.46. The minimum Gasteiger partial charge on any atom is -0.346 e. The van der Waals surface area contributed by atoms with Crippen LogP contribution in [0.3, 0.4) is 0 Å². The highest BCUT2D eigenvalue weighted by Crippen LogP contribution is 2.26. The fraction of sp³-hybridized carbons (Fsp3) is 0.450. The van der Waals surface area contributed by atoms with E-state index in [0.29, 0.717) is 19.0 Å². The minimum atomic E-state index is -0.271. The molecule has 1 fully saturated rings. The van der Waals surface area contributed by atoms with Crippen LogP contribution in [-0.2, 0) is 6.54 Å². The van der Waals surface area contributed by atoms with E-state index in [-0.39, 0.29) is 23.2 Å². The van der Waals surface area contributed by atoms with Gasteiger partial charge in [-0.15, -0.1) is 0 Å². The van der Waals surface area contributed by atoms with E-state index in [2.05, 4.69) is 10.4 Å². The predicted octanol–water partition coefficient (Wildman–Crippen LogP) is 1.93. The third kappa shape index (κ3) is 4.58. The van der Waals surface area contributed by atoms with Crippen molar-refractivity contribution in [3.05, 3.63) is 64.1 Å². The van der Waals surface area contributed by atoms with Crippen molar-refractivity contribution in [1.29, 1.82) is 0 Å². The van der Waals surface area contributed by atoms with Crippen molar-refractivity contribution >= 4 is 5.91 Å². The van der Waals surface area contributed by atoms with Gasteiger partial charge >= 0.3 is 0 Å². The molecule has 3 rings (SSSR count). The molecule has 1 aliphatic rings. The lowest BCUT2D eigenvalue weighted by Gasteiger charge is -2.29. The van der Waals surface area contributed by atoms with E-state index in [0.717, 1.165) is 18.4 Å². The summed E-state index contributed by atoms with van der Waals surface area (Å²) in [6.45, 7) is 0.754. The van der Waals surface area contributed by atoms with Crippen molar-refractivity contribution in [2.24, 2.45) is 11.7 Å². The molecule has 26 heavy (non-hydrogen) atoms. The van der Waals surface area contributed by atoms with E-state index in [1.165, 1.54) is 36.1 Å². The van der Waals surface area contributed by atoms with Gasteiger partial charge in [-0.3, -0.25) is 9.59 Å². The van der Waals surface area contributed by atoms with E-state index < -0.39 is 0 Å². The van der Waals surface area contributed by atoms with Crippen LogP contribution in [0.4, 0.5) is 0 Å². The average Bonchev–Trinajstić information content (AvgIpc) is 2.69. The normalized spacial score (nSPS) is 16.2. The number of nitrogens with two attached hydrogens (primary N) is 1. The smallest absolute Gasteiger partial charge is 0.271 e. The van der Waals surface area contributed by atoms with Crippen LogP contribution in [0.25, 0.3) is 0 Å². The van der Waals surface area contributed by atoms with Gasteiger partial charge in [-0.2, -0.15) is 5.10 Å². The molecule has 2 aromatic rings. The highest BCUT2D eigenvalue weighted by atomic mass is 16.2. The van der Waals surface area contributed by atoms with Crippen LogP contribution in [0.1, 0.15) is 48.2 Å². The maximum absolute atomic E-state index is 12.6. The summed E-state index contributed by atoms with van der Waals surface area (Å²) in [5.74, 6) is 0.153. The maximum Gasteiger partial charge on any atom is 0.271 e. The summed E-state index contributed by atoms with van der Waals surface area (Å²) < 4.78 is 1.32. The van der Waals surface area contributed by atoms with Gasteiger partial charge in [0.15, 0.2) is 0 Å². The molecule has 1 unspecified atom stereocenters. The van der Waals surface area contributed by atoms with Crippen molar-refractivity contribution in [3.63, 3.8) is 0 Å². The van der Waals surface area contributed by atoms with E-state index in [1.54, 1.807) is 0 Å². The maximum atomic E-state index is 12.6. The Balaban J connectivity index is 1.72. The minimum absolute atomic E-state index is 0.0425. The van der Waals surface area contributed by atoms with Gasteiger partial charge in [-0.25, -0.2) is 4.68 Å². The Morgan fingerprint density at radius 2 is 1.88 bits per heavy atom. The van der Waals surface area contributed by atoms with E-state index in [1.807, 2.05) is 30.3 Å². The standard InChI is InChI=1S/C20H26N4O2/c21-13-18(16-9-5-2-6-10-16)22-20(26)17-11-12-19(25)24(23-17)14-15-7-3-1-4-8-15/h1,3-4,7-8,11-12,16,18H,2,5-6,9-10,13-14,21H2,(H,22,26). The number of benzene rings is 1. The Bertz CT molecular complexity index is 782. The summed E-state index contributed by atoms with van der Waals surface area (Å²) in [4.78, 5) is 24.7. The predicted molar refractivity (Wildman–Crippen MR) is 101 cm³/mol. The number of hydrogen-bond donors (Lipinski definition) is 2. The molecule has 0 radical (unpaired) electrons. The summed E-state index contributed by atoms with van der Waals surface area (Å²) >= 11 is 0. The van der Waals surface area contributed by atoms with E-state index in [4.69, 9.17) is 5.73 Å². The molecule has 1 heterocycles. The highest BCUT2D eigenvalue weighted by Gasteiger charge is 2.25. The molecule has 1 aromatic heterocycles. The number of hydrogen-bond acceptors (Lipinski definition) is 4. The monoisotopic (exact) mass is 354 g/mol. The molecule has 0 bridgehead atoms. The third-order valence-electron chi connectivity index (χ3n) is 5.06. The summed E-state index contributed by atoms with van der Waals surface area (Å²) in [7, 11) is 0. The van der Waals surface area contributed by atoms with Crippen LogP contribution in [0.2, 0.25) is 0 Å². The van der Waals surface area contributed by atoms with Crippen LogP contribution in [-0.4, -0.2) is 28.3 Å². The molecular weight excluding hydrogens is 328 g/mol. The van der Waals surface area contributed by atoms with Gasteiger partial charge in [-0.05, 0) is 30.4 Å².